The van der Waals surface area contributed by atoms with Crippen LogP contribution in [0.25, 0.3) is 0 Å². The summed E-state index contributed by atoms with van der Waals surface area (Å²) in [5, 5.41) is 5.40. The van der Waals surface area contributed by atoms with Crippen LogP contribution < -0.4 is 16.0 Å². The Hall–Kier alpha value is -2.06. The van der Waals surface area contributed by atoms with Crippen LogP contribution in [0.5, 0.6) is 0 Å². The lowest BCUT2D eigenvalue weighted by Gasteiger charge is -2.20. The summed E-state index contributed by atoms with van der Waals surface area (Å²) in [5.74, 6) is -1.45. The quantitative estimate of drug-likeness (QED) is 0.863. The topological polar surface area (TPSA) is 71.2 Å². The number of aromatic nitrogens is 1. The predicted molar refractivity (Wildman–Crippen MR) is 89.3 cm³/mol. The maximum Gasteiger partial charge on any atom is 0.271 e. The molecule has 1 aromatic heterocycles. The maximum atomic E-state index is 13.8. The van der Waals surface area contributed by atoms with Gasteiger partial charge in [0.15, 0.2) is 0 Å². The van der Waals surface area contributed by atoms with E-state index < -0.39 is 11.6 Å². The van der Waals surface area contributed by atoms with E-state index in [1.54, 1.807) is 10.3 Å². The number of para-hydroxylation sites is 1. The molecule has 1 aliphatic rings. The van der Waals surface area contributed by atoms with E-state index in [-0.39, 0.29) is 17.6 Å². The Morgan fingerprint density at radius 3 is 2.88 bits per heavy atom. The maximum absolute atomic E-state index is 13.8. The van der Waals surface area contributed by atoms with E-state index in [9.17, 15) is 13.6 Å². The van der Waals surface area contributed by atoms with Crippen LogP contribution in [0, 0.1) is 11.6 Å². The standard InChI is InChI=1S/C16H18F2N4OS/c17-11-2-1-3-12(18)15(11)22-7-5-10(8-22)20-16(23)13-9-24-14(21-13)4-6-19/h1-3,9-10H,4-8,19H2,(H,20,23). The first kappa shape index (κ1) is 16.8. The minimum absolute atomic E-state index is 0.0341. The van der Waals surface area contributed by atoms with Gasteiger partial charge in [0, 0.05) is 30.9 Å². The van der Waals surface area contributed by atoms with E-state index >= 15 is 0 Å². The third-order valence-corrected chi connectivity index (χ3v) is 4.83. The van der Waals surface area contributed by atoms with E-state index in [2.05, 4.69) is 10.3 Å². The molecule has 1 fully saturated rings. The molecule has 0 spiro atoms. The molecule has 2 aromatic rings. The number of nitrogens with two attached hydrogens (primary N) is 1. The lowest BCUT2D eigenvalue weighted by Crippen LogP contribution is -2.37. The summed E-state index contributed by atoms with van der Waals surface area (Å²) < 4.78 is 27.7. The predicted octanol–water partition coefficient (Wildman–Crippen LogP) is 1.93. The number of amides is 1. The number of halogens is 2. The molecule has 1 unspecified atom stereocenters. The first-order valence-electron chi connectivity index (χ1n) is 7.72. The monoisotopic (exact) mass is 352 g/mol. The number of rotatable bonds is 5. The fraction of sp³-hybridized carbons (Fsp3) is 0.375. The summed E-state index contributed by atoms with van der Waals surface area (Å²) in [6.45, 7) is 1.34. The molecule has 24 heavy (non-hydrogen) atoms. The fourth-order valence-corrected chi connectivity index (χ4v) is 3.58. The largest absolute Gasteiger partial charge is 0.365 e. The van der Waals surface area contributed by atoms with Crippen LogP contribution in [-0.4, -0.2) is 36.6 Å². The molecular formula is C16H18F2N4OS. The van der Waals surface area contributed by atoms with Crippen molar-refractivity contribution in [2.75, 3.05) is 24.5 Å². The molecule has 0 radical (unpaired) electrons. The van der Waals surface area contributed by atoms with Gasteiger partial charge in [-0.3, -0.25) is 4.79 Å². The molecule has 128 valence electrons. The van der Waals surface area contributed by atoms with Crippen molar-refractivity contribution in [3.05, 3.63) is 45.9 Å². The third kappa shape index (κ3) is 3.54. The number of anilines is 1. The minimum Gasteiger partial charge on any atom is -0.365 e. The Morgan fingerprint density at radius 2 is 2.17 bits per heavy atom. The number of nitrogens with one attached hydrogen (secondary N) is 1. The van der Waals surface area contributed by atoms with E-state index in [4.69, 9.17) is 5.73 Å². The highest BCUT2D eigenvalue weighted by Gasteiger charge is 2.28. The third-order valence-electron chi connectivity index (χ3n) is 3.92. The second-order valence-electron chi connectivity index (χ2n) is 5.64. The van der Waals surface area contributed by atoms with Crippen molar-refractivity contribution in [1.82, 2.24) is 10.3 Å². The Kier molecular flexibility index (Phi) is 5.06. The van der Waals surface area contributed by atoms with E-state index in [1.165, 1.54) is 29.5 Å². The van der Waals surface area contributed by atoms with Gasteiger partial charge in [0.25, 0.3) is 5.91 Å². The van der Waals surface area contributed by atoms with E-state index in [0.717, 1.165) is 5.01 Å². The van der Waals surface area contributed by atoms with Gasteiger partial charge in [-0.05, 0) is 25.1 Å². The van der Waals surface area contributed by atoms with Crippen LogP contribution in [0.4, 0.5) is 14.5 Å². The Bertz CT molecular complexity index is 716. The first-order chi connectivity index (χ1) is 11.6. The normalized spacial score (nSPS) is 17.3. The van der Waals surface area contributed by atoms with Gasteiger partial charge in [0.05, 0.1) is 5.01 Å². The average Bonchev–Trinajstić information content (AvgIpc) is 3.17. The van der Waals surface area contributed by atoms with Crippen LogP contribution >= 0.6 is 11.3 Å². The highest BCUT2D eigenvalue weighted by molar-refractivity contribution is 7.09. The second kappa shape index (κ2) is 7.23. The van der Waals surface area contributed by atoms with Gasteiger partial charge in [-0.1, -0.05) is 6.07 Å². The van der Waals surface area contributed by atoms with Gasteiger partial charge < -0.3 is 16.0 Å². The number of hydrogen-bond acceptors (Lipinski definition) is 5. The summed E-state index contributed by atoms with van der Waals surface area (Å²) in [6, 6.07) is 3.64. The summed E-state index contributed by atoms with van der Waals surface area (Å²) in [4.78, 5) is 18.1. The zero-order valence-electron chi connectivity index (χ0n) is 13.0. The Labute approximate surface area is 142 Å². The van der Waals surface area contributed by atoms with Gasteiger partial charge >= 0.3 is 0 Å². The number of hydrogen-bond donors (Lipinski definition) is 2. The van der Waals surface area contributed by atoms with Gasteiger partial charge in [0.1, 0.15) is 23.0 Å². The van der Waals surface area contributed by atoms with Crippen LogP contribution in [0.3, 0.4) is 0 Å². The van der Waals surface area contributed by atoms with Crippen molar-refractivity contribution in [3.8, 4) is 0 Å². The lowest BCUT2D eigenvalue weighted by atomic mass is 10.2. The van der Waals surface area contributed by atoms with Gasteiger partial charge in [-0.2, -0.15) is 0 Å². The van der Waals surface area contributed by atoms with Crippen molar-refractivity contribution in [2.24, 2.45) is 5.73 Å². The average molecular weight is 352 g/mol. The van der Waals surface area contributed by atoms with Crippen LogP contribution in [-0.2, 0) is 6.42 Å². The van der Waals surface area contributed by atoms with Crippen LogP contribution in [0.1, 0.15) is 21.9 Å². The lowest BCUT2D eigenvalue weighted by molar-refractivity contribution is 0.0936. The smallest absolute Gasteiger partial charge is 0.271 e. The number of benzene rings is 1. The zero-order chi connectivity index (χ0) is 17.1. The highest BCUT2D eigenvalue weighted by atomic mass is 32.1. The molecule has 1 atom stereocenters. The minimum atomic E-state index is -0.590. The molecule has 8 heteroatoms. The molecule has 1 aromatic carbocycles. The van der Waals surface area contributed by atoms with Crippen molar-refractivity contribution in [3.63, 3.8) is 0 Å². The molecule has 1 saturated heterocycles. The van der Waals surface area contributed by atoms with E-state index in [0.29, 0.717) is 38.2 Å². The van der Waals surface area contributed by atoms with Gasteiger partial charge in [-0.15, -0.1) is 11.3 Å². The molecule has 2 heterocycles. The summed E-state index contributed by atoms with van der Waals surface area (Å²) in [5.41, 5.74) is 5.80. The van der Waals surface area contributed by atoms with E-state index in [1.807, 2.05) is 0 Å². The number of nitrogens with zero attached hydrogens (tertiary/aromatic N) is 2. The van der Waals surface area contributed by atoms with Crippen molar-refractivity contribution < 1.29 is 13.6 Å². The van der Waals surface area contributed by atoms with Gasteiger partial charge in [-0.25, -0.2) is 13.8 Å². The summed E-state index contributed by atoms with van der Waals surface area (Å²) >= 11 is 1.40. The zero-order valence-corrected chi connectivity index (χ0v) is 13.8. The first-order valence-corrected chi connectivity index (χ1v) is 8.60. The number of thiazole rings is 1. The number of carbonyl (C=O) groups excluding carboxylic acids is 1. The van der Waals surface area contributed by atoms with Crippen molar-refractivity contribution >= 4 is 22.9 Å². The molecule has 0 aliphatic carbocycles. The van der Waals surface area contributed by atoms with Crippen LogP contribution in [0.2, 0.25) is 0 Å². The van der Waals surface area contributed by atoms with Gasteiger partial charge in [0.2, 0.25) is 0 Å². The van der Waals surface area contributed by atoms with Crippen molar-refractivity contribution in [2.45, 2.75) is 18.9 Å². The highest BCUT2D eigenvalue weighted by Crippen LogP contribution is 2.26. The molecule has 5 nitrogen and oxygen atoms in total. The Balaban J connectivity index is 1.62. The van der Waals surface area contributed by atoms with Crippen molar-refractivity contribution in [1.29, 1.82) is 0 Å². The summed E-state index contributed by atoms with van der Waals surface area (Å²) in [6.07, 6.45) is 1.26. The van der Waals surface area contributed by atoms with Crippen LogP contribution in [0.15, 0.2) is 23.6 Å². The SMILES string of the molecule is NCCc1nc(C(=O)NC2CCN(c3c(F)cccc3F)C2)cs1. The molecule has 3 N–H and O–H groups in total. The molecular weight excluding hydrogens is 334 g/mol. The molecule has 3 rings (SSSR count). The summed E-state index contributed by atoms with van der Waals surface area (Å²) in [7, 11) is 0. The second-order valence-corrected chi connectivity index (χ2v) is 6.58. The Morgan fingerprint density at radius 1 is 1.42 bits per heavy atom. The molecule has 1 amide bonds. The molecule has 1 aliphatic heterocycles. The molecule has 0 bridgehead atoms. The molecule has 0 saturated carbocycles. The number of carbonyl (C=O) groups is 1. The fourth-order valence-electron chi connectivity index (χ4n) is 2.79.